The predicted molar refractivity (Wildman–Crippen MR) is 101 cm³/mol. The van der Waals surface area contributed by atoms with Gasteiger partial charge < -0.3 is 9.64 Å². The molecule has 1 unspecified atom stereocenters. The molecule has 2 aromatic rings. The maximum atomic E-state index is 12.6. The second-order valence-corrected chi connectivity index (χ2v) is 8.16. The van der Waals surface area contributed by atoms with Crippen molar-refractivity contribution in [3.05, 3.63) is 53.6 Å². The highest BCUT2D eigenvalue weighted by Crippen LogP contribution is 2.25. The van der Waals surface area contributed by atoms with Gasteiger partial charge in [0.25, 0.3) is 10.0 Å². The Bertz CT molecular complexity index is 847. The largest absolute Gasteiger partial charge is 0.380 e. The van der Waals surface area contributed by atoms with Gasteiger partial charge in [-0.25, -0.2) is 8.42 Å². The van der Waals surface area contributed by atoms with Crippen LogP contribution in [0.2, 0.25) is 0 Å². The first-order chi connectivity index (χ1) is 11.9. The predicted octanol–water partition coefficient (Wildman–Crippen LogP) is 3.33. The normalized spacial score (nSPS) is 17.7. The van der Waals surface area contributed by atoms with Crippen molar-refractivity contribution < 1.29 is 13.2 Å². The second-order valence-electron chi connectivity index (χ2n) is 6.51. The highest BCUT2D eigenvalue weighted by Gasteiger charge is 2.22. The molecule has 1 heterocycles. The Balaban J connectivity index is 1.74. The van der Waals surface area contributed by atoms with Crippen LogP contribution in [0.5, 0.6) is 0 Å². The van der Waals surface area contributed by atoms with E-state index < -0.39 is 10.0 Å². The van der Waals surface area contributed by atoms with Crippen LogP contribution in [0.4, 0.5) is 11.4 Å². The van der Waals surface area contributed by atoms with Crippen molar-refractivity contribution >= 4 is 21.4 Å². The number of rotatable bonds is 5. The van der Waals surface area contributed by atoms with Gasteiger partial charge in [-0.05, 0) is 56.2 Å². The van der Waals surface area contributed by atoms with Gasteiger partial charge in [-0.1, -0.05) is 17.7 Å². The van der Waals surface area contributed by atoms with Crippen LogP contribution in [-0.4, -0.2) is 34.7 Å². The fourth-order valence-electron chi connectivity index (χ4n) is 3.21. The summed E-state index contributed by atoms with van der Waals surface area (Å²) in [5.74, 6) is 0. The van der Waals surface area contributed by atoms with E-state index in [0.29, 0.717) is 10.6 Å². The van der Waals surface area contributed by atoms with E-state index in [1.807, 2.05) is 38.1 Å². The summed E-state index contributed by atoms with van der Waals surface area (Å²) in [6.45, 7) is 5.57. The highest BCUT2D eigenvalue weighted by molar-refractivity contribution is 7.92. The van der Waals surface area contributed by atoms with Crippen molar-refractivity contribution in [1.29, 1.82) is 0 Å². The topological polar surface area (TPSA) is 58.6 Å². The Morgan fingerprint density at radius 3 is 2.44 bits per heavy atom. The lowest BCUT2D eigenvalue weighted by molar-refractivity contribution is 0.121. The van der Waals surface area contributed by atoms with E-state index in [4.69, 9.17) is 4.74 Å². The molecule has 1 N–H and O–H groups in total. The fourth-order valence-corrected chi connectivity index (χ4v) is 4.49. The maximum absolute atomic E-state index is 12.6. The average Bonchev–Trinajstić information content (AvgIpc) is 3.04. The van der Waals surface area contributed by atoms with Crippen molar-refractivity contribution in [3.63, 3.8) is 0 Å². The van der Waals surface area contributed by atoms with E-state index in [9.17, 15) is 8.42 Å². The Hall–Kier alpha value is -2.05. The van der Waals surface area contributed by atoms with Crippen LogP contribution in [-0.2, 0) is 14.8 Å². The fraction of sp³-hybridized carbons (Fsp3) is 0.368. The summed E-state index contributed by atoms with van der Waals surface area (Å²) in [5, 5.41) is 0. The number of nitrogens with one attached hydrogen (secondary N) is 1. The van der Waals surface area contributed by atoms with Gasteiger partial charge in [0.1, 0.15) is 0 Å². The summed E-state index contributed by atoms with van der Waals surface area (Å²) in [5.41, 5.74) is 3.42. The zero-order valence-electron chi connectivity index (χ0n) is 14.8. The highest BCUT2D eigenvalue weighted by atomic mass is 32.2. The molecule has 2 aromatic carbocycles. The first kappa shape index (κ1) is 17.8. The third kappa shape index (κ3) is 3.96. The number of anilines is 2. The molecule has 0 bridgehead atoms. The molecule has 1 aliphatic rings. The molecule has 0 amide bonds. The summed E-state index contributed by atoms with van der Waals surface area (Å²) < 4.78 is 33.3. The Morgan fingerprint density at radius 1 is 1.12 bits per heavy atom. The lowest BCUT2D eigenvalue weighted by Crippen LogP contribution is -2.22. The number of methoxy groups -OCH3 is 1. The van der Waals surface area contributed by atoms with E-state index in [0.717, 1.165) is 36.3 Å². The minimum Gasteiger partial charge on any atom is -0.380 e. The molecule has 1 saturated heterocycles. The number of benzene rings is 2. The third-order valence-corrected chi connectivity index (χ3v) is 6.12. The zero-order chi connectivity index (χ0) is 18.0. The summed E-state index contributed by atoms with van der Waals surface area (Å²) in [6.07, 6.45) is 1.28. The van der Waals surface area contributed by atoms with Crippen LogP contribution in [0, 0.1) is 13.8 Å². The summed E-state index contributed by atoms with van der Waals surface area (Å²) in [4.78, 5) is 2.56. The van der Waals surface area contributed by atoms with Crippen molar-refractivity contribution in [2.24, 2.45) is 0 Å². The standard InChI is InChI=1S/C19H24N2O3S/c1-14-4-9-19(15(2)12-14)25(22,23)20-16-5-7-17(8-6-16)21-11-10-18(13-21)24-3/h4-9,12,18,20H,10-11,13H2,1-3H3. The van der Waals surface area contributed by atoms with Gasteiger partial charge in [-0.3, -0.25) is 4.72 Å². The molecule has 25 heavy (non-hydrogen) atoms. The molecule has 0 radical (unpaired) electrons. The van der Waals surface area contributed by atoms with Gasteiger partial charge in [0.05, 0.1) is 11.0 Å². The summed E-state index contributed by atoms with van der Waals surface area (Å²) in [7, 11) is -1.85. The molecule has 1 aliphatic heterocycles. The number of aryl methyl sites for hydroxylation is 2. The molecule has 1 atom stereocenters. The lowest BCUT2D eigenvalue weighted by Gasteiger charge is -2.19. The Labute approximate surface area is 149 Å². The second kappa shape index (κ2) is 7.06. The summed E-state index contributed by atoms with van der Waals surface area (Å²) >= 11 is 0. The molecule has 1 fully saturated rings. The zero-order valence-corrected chi connectivity index (χ0v) is 15.6. The van der Waals surface area contributed by atoms with Gasteiger partial charge >= 0.3 is 0 Å². The van der Waals surface area contributed by atoms with Gasteiger partial charge in [-0.15, -0.1) is 0 Å². The van der Waals surface area contributed by atoms with Crippen LogP contribution >= 0.6 is 0 Å². The van der Waals surface area contributed by atoms with Crippen molar-refractivity contribution in [1.82, 2.24) is 0 Å². The van der Waals surface area contributed by atoms with Gasteiger partial charge in [0, 0.05) is 31.6 Å². The Kier molecular flexibility index (Phi) is 5.01. The number of nitrogens with zero attached hydrogens (tertiary/aromatic N) is 1. The molecular weight excluding hydrogens is 336 g/mol. The molecule has 0 aromatic heterocycles. The van der Waals surface area contributed by atoms with Crippen LogP contribution in [0.1, 0.15) is 17.5 Å². The SMILES string of the molecule is COC1CCN(c2ccc(NS(=O)(=O)c3ccc(C)cc3C)cc2)C1. The monoisotopic (exact) mass is 360 g/mol. The smallest absolute Gasteiger partial charge is 0.262 e. The molecule has 5 nitrogen and oxygen atoms in total. The van der Waals surface area contributed by atoms with Crippen LogP contribution in [0.3, 0.4) is 0 Å². The van der Waals surface area contributed by atoms with Gasteiger partial charge in [0.2, 0.25) is 0 Å². The lowest BCUT2D eigenvalue weighted by atomic mass is 10.2. The molecule has 0 saturated carbocycles. The molecular formula is C19H24N2O3S. The quantitative estimate of drug-likeness (QED) is 0.889. The van der Waals surface area contributed by atoms with Crippen LogP contribution in [0.15, 0.2) is 47.4 Å². The first-order valence-corrected chi connectivity index (χ1v) is 9.85. The molecule has 134 valence electrons. The van der Waals surface area contributed by atoms with E-state index >= 15 is 0 Å². The number of sulfonamides is 1. The number of hydrogen-bond acceptors (Lipinski definition) is 4. The van der Waals surface area contributed by atoms with Gasteiger partial charge in [-0.2, -0.15) is 0 Å². The molecule has 0 spiro atoms. The van der Waals surface area contributed by atoms with Crippen molar-refractivity contribution in [2.75, 3.05) is 29.8 Å². The van der Waals surface area contributed by atoms with E-state index in [2.05, 4.69) is 9.62 Å². The minimum absolute atomic E-state index is 0.266. The van der Waals surface area contributed by atoms with Crippen molar-refractivity contribution in [2.45, 2.75) is 31.3 Å². The molecule has 6 heteroatoms. The summed E-state index contributed by atoms with van der Waals surface area (Å²) in [6, 6.07) is 12.8. The van der Waals surface area contributed by atoms with Crippen LogP contribution in [0.25, 0.3) is 0 Å². The first-order valence-electron chi connectivity index (χ1n) is 8.37. The van der Waals surface area contributed by atoms with E-state index in [1.54, 1.807) is 25.3 Å². The van der Waals surface area contributed by atoms with Gasteiger partial charge in [0.15, 0.2) is 0 Å². The van der Waals surface area contributed by atoms with E-state index in [-0.39, 0.29) is 6.10 Å². The van der Waals surface area contributed by atoms with E-state index in [1.165, 1.54) is 0 Å². The number of ether oxygens (including phenoxy) is 1. The molecule has 0 aliphatic carbocycles. The molecule has 3 rings (SSSR count). The third-order valence-electron chi connectivity index (χ3n) is 4.58. The maximum Gasteiger partial charge on any atom is 0.262 e. The Morgan fingerprint density at radius 2 is 1.84 bits per heavy atom. The minimum atomic E-state index is -3.59. The van der Waals surface area contributed by atoms with Crippen molar-refractivity contribution in [3.8, 4) is 0 Å². The van der Waals surface area contributed by atoms with Crippen LogP contribution < -0.4 is 9.62 Å². The average molecular weight is 360 g/mol. The number of hydrogen-bond donors (Lipinski definition) is 1.